The SMILES string of the molecule is Cc1ccc(CC(=O)OC2CC3CCC(C2)[N+]3(C)C)cc1.[I-]. The number of quaternary nitrogens is 1. The Labute approximate surface area is 150 Å². The third-order valence-corrected chi connectivity index (χ3v) is 5.55. The van der Waals surface area contributed by atoms with Gasteiger partial charge in [-0.2, -0.15) is 0 Å². The predicted octanol–water partition coefficient (Wildman–Crippen LogP) is -0.145. The number of rotatable bonds is 3. The average Bonchev–Trinajstić information content (AvgIpc) is 2.62. The number of benzene rings is 1. The second-order valence-corrected chi connectivity index (χ2v) is 7.26. The molecule has 2 unspecified atom stereocenters. The van der Waals surface area contributed by atoms with Gasteiger partial charge in [-0.25, -0.2) is 0 Å². The summed E-state index contributed by atoms with van der Waals surface area (Å²) in [6.07, 6.45) is 5.15. The number of fused-ring (bicyclic) bond motifs is 2. The molecule has 3 rings (SSSR count). The Hall–Kier alpha value is -0.620. The van der Waals surface area contributed by atoms with Gasteiger partial charge in [-0.1, -0.05) is 29.8 Å². The standard InChI is InChI=1S/C18H26NO2.HI/c1-13-4-6-14(7-5-13)10-18(20)21-17-11-15-8-9-16(12-17)19(15,2)3;/h4-7,15-17H,8-12H2,1-3H3;1H/q+1;/p-1. The largest absolute Gasteiger partial charge is 1.00 e. The van der Waals surface area contributed by atoms with E-state index in [0.29, 0.717) is 18.5 Å². The minimum atomic E-state index is -0.0736. The zero-order valence-electron chi connectivity index (χ0n) is 13.7. The van der Waals surface area contributed by atoms with Crippen LogP contribution in [0.5, 0.6) is 0 Å². The van der Waals surface area contributed by atoms with Crippen LogP contribution in [0.1, 0.15) is 36.8 Å². The van der Waals surface area contributed by atoms with Crippen LogP contribution in [0.15, 0.2) is 24.3 Å². The van der Waals surface area contributed by atoms with E-state index in [-0.39, 0.29) is 36.0 Å². The molecular weight excluding hydrogens is 389 g/mol. The highest BCUT2D eigenvalue weighted by molar-refractivity contribution is 5.72. The molecule has 0 aromatic heterocycles. The lowest BCUT2D eigenvalue weighted by Gasteiger charge is -2.43. The van der Waals surface area contributed by atoms with E-state index in [9.17, 15) is 4.79 Å². The minimum absolute atomic E-state index is 0. The van der Waals surface area contributed by atoms with Gasteiger partial charge in [0, 0.05) is 25.7 Å². The molecule has 0 spiro atoms. The average molecular weight is 415 g/mol. The Bertz CT molecular complexity index is 510. The molecular formula is C18H26INO2. The number of nitrogens with zero attached hydrogens (tertiary/aromatic N) is 1. The summed E-state index contributed by atoms with van der Waals surface area (Å²) in [7, 11) is 4.65. The normalized spacial score (nSPS) is 28.8. The van der Waals surface area contributed by atoms with Gasteiger partial charge in [-0.05, 0) is 12.5 Å². The highest BCUT2D eigenvalue weighted by Crippen LogP contribution is 2.40. The van der Waals surface area contributed by atoms with Gasteiger partial charge in [0.15, 0.2) is 0 Å². The smallest absolute Gasteiger partial charge is 0.310 e. The number of piperidine rings is 1. The van der Waals surface area contributed by atoms with Gasteiger partial charge >= 0.3 is 5.97 Å². The van der Waals surface area contributed by atoms with E-state index < -0.39 is 0 Å². The molecule has 0 aliphatic carbocycles. The molecule has 2 fully saturated rings. The van der Waals surface area contributed by atoms with E-state index in [0.717, 1.165) is 22.9 Å². The molecule has 1 aromatic rings. The molecule has 0 radical (unpaired) electrons. The first kappa shape index (κ1) is 17.7. The lowest BCUT2D eigenvalue weighted by molar-refractivity contribution is -0.931. The number of carbonyl (C=O) groups excluding carboxylic acids is 1. The van der Waals surface area contributed by atoms with Crippen molar-refractivity contribution in [2.24, 2.45) is 0 Å². The number of ether oxygens (including phenoxy) is 1. The van der Waals surface area contributed by atoms with Crippen molar-refractivity contribution in [1.29, 1.82) is 0 Å². The van der Waals surface area contributed by atoms with Crippen LogP contribution in [0, 0.1) is 6.92 Å². The van der Waals surface area contributed by atoms with Crippen LogP contribution >= 0.6 is 0 Å². The molecule has 2 bridgehead atoms. The van der Waals surface area contributed by atoms with Gasteiger partial charge < -0.3 is 33.2 Å². The zero-order chi connectivity index (χ0) is 15.0. The monoisotopic (exact) mass is 415 g/mol. The molecule has 2 heterocycles. The second kappa shape index (κ2) is 6.87. The van der Waals surface area contributed by atoms with Crippen molar-refractivity contribution in [2.75, 3.05) is 14.1 Å². The molecule has 2 saturated heterocycles. The lowest BCUT2D eigenvalue weighted by Crippen LogP contribution is -3.00. The maximum Gasteiger partial charge on any atom is 0.310 e. The van der Waals surface area contributed by atoms with Crippen LogP contribution in [0.4, 0.5) is 0 Å². The summed E-state index contributed by atoms with van der Waals surface area (Å²) in [5.41, 5.74) is 2.26. The van der Waals surface area contributed by atoms with Gasteiger partial charge in [-0.3, -0.25) is 4.79 Å². The van der Waals surface area contributed by atoms with Crippen LogP contribution in [-0.2, 0) is 16.0 Å². The number of hydrogen-bond donors (Lipinski definition) is 0. The van der Waals surface area contributed by atoms with E-state index in [2.05, 4.69) is 21.0 Å². The molecule has 3 nitrogen and oxygen atoms in total. The first-order valence-corrected chi connectivity index (χ1v) is 8.03. The van der Waals surface area contributed by atoms with Crippen molar-refractivity contribution in [3.63, 3.8) is 0 Å². The summed E-state index contributed by atoms with van der Waals surface area (Å²) in [6, 6.07) is 9.46. The summed E-state index contributed by atoms with van der Waals surface area (Å²) >= 11 is 0. The molecule has 122 valence electrons. The Morgan fingerprint density at radius 3 is 2.23 bits per heavy atom. The fourth-order valence-electron chi connectivity index (χ4n) is 4.03. The van der Waals surface area contributed by atoms with Gasteiger partial charge in [0.25, 0.3) is 0 Å². The quantitative estimate of drug-likeness (QED) is 0.390. The Balaban J connectivity index is 0.00000176. The Kier molecular flexibility index (Phi) is 5.54. The molecule has 4 heteroatoms. The third-order valence-electron chi connectivity index (χ3n) is 5.55. The highest BCUT2D eigenvalue weighted by atomic mass is 127. The lowest BCUT2D eigenvalue weighted by atomic mass is 9.98. The van der Waals surface area contributed by atoms with E-state index >= 15 is 0 Å². The maximum atomic E-state index is 12.1. The van der Waals surface area contributed by atoms with E-state index in [4.69, 9.17) is 4.74 Å². The predicted molar refractivity (Wildman–Crippen MR) is 82.9 cm³/mol. The number of esters is 1. The fraction of sp³-hybridized carbons (Fsp3) is 0.611. The summed E-state index contributed by atoms with van der Waals surface area (Å²) in [4.78, 5) is 12.1. The van der Waals surface area contributed by atoms with Crippen molar-refractivity contribution < 1.29 is 38.0 Å². The van der Waals surface area contributed by atoms with Gasteiger partial charge in [0.2, 0.25) is 0 Å². The van der Waals surface area contributed by atoms with Gasteiger partial charge in [-0.15, -0.1) is 0 Å². The van der Waals surface area contributed by atoms with E-state index in [1.54, 1.807) is 0 Å². The van der Waals surface area contributed by atoms with E-state index in [1.165, 1.54) is 18.4 Å². The van der Waals surface area contributed by atoms with Gasteiger partial charge in [0.1, 0.15) is 6.10 Å². The van der Waals surface area contributed by atoms with Crippen LogP contribution in [0.25, 0.3) is 0 Å². The zero-order valence-corrected chi connectivity index (χ0v) is 15.9. The summed E-state index contributed by atoms with van der Waals surface area (Å²) in [5, 5.41) is 0. The van der Waals surface area contributed by atoms with Crippen molar-refractivity contribution >= 4 is 5.97 Å². The second-order valence-electron chi connectivity index (χ2n) is 7.26. The molecule has 2 aliphatic rings. The van der Waals surface area contributed by atoms with E-state index in [1.807, 2.05) is 24.3 Å². The third kappa shape index (κ3) is 3.65. The Morgan fingerprint density at radius 1 is 1.14 bits per heavy atom. The topological polar surface area (TPSA) is 26.3 Å². The maximum absolute atomic E-state index is 12.1. The molecule has 1 aromatic carbocycles. The van der Waals surface area contributed by atoms with Crippen molar-refractivity contribution in [3.8, 4) is 0 Å². The van der Waals surface area contributed by atoms with Crippen LogP contribution in [-0.4, -0.2) is 42.7 Å². The summed E-state index contributed by atoms with van der Waals surface area (Å²) < 4.78 is 6.87. The molecule has 0 N–H and O–H groups in total. The minimum Gasteiger partial charge on any atom is -1.00 e. The van der Waals surface area contributed by atoms with Crippen molar-refractivity contribution in [2.45, 2.75) is 57.2 Å². The number of hydrogen-bond acceptors (Lipinski definition) is 2. The molecule has 2 aliphatic heterocycles. The fourth-order valence-corrected chi connectivity index (χ4v) is 4.03. The van der Waals surface area contributed by atoms with Gasteiger partial charge in [0.05, 0.1) is 32.6 Å². The first-order valence-electron chi connectivity index (χ1n) is 8.03. The Morgan fingerprint density at radius 2 is 1.68 bits per heavy atom. The van der Waals surface area contributed by atoms with Crippen molar-refractivity contribution in [3.05, 3.63) is 35.4 Å². The van der Waals surface area contributed by atoms with Crippen molar-refractivity contribution in [1.82, 2.24) is 0 Å². The van der Waals surface area contributed by atoms with Crippen LogP contribution in [0.3, 0.4) is 0 Å². The highest BCUT2D eigenvalue weighted by Gasteiger charge is 2.49. The number of halogens is 1. The molecule has 2 atom stereocenters. The summed E-state index contributed by atoms with van der Waals surface area (Å²) in [6.45, 7) is 2.06. The number of aryl methyl sites for hydroxylation is 1. The number of carbonyl (C=O) groups is 1. The first-order chi connectivity index (χ1) is 9.95. The summed E-state index contributed by atoms with van der Waals surface area (Å²) in [5.74, 6) is -0.0736. The van der Waals surface area contributed by atoms with Crippen LogP contribution in [0.2, 0.25) is 0 Å². The molecule has 22 heavy (non-hydrogen) atoms. The molecule has 0 saturated carbocycles. The molecule has 0 amide bonds. The van der Waals surface area contributed by atoms with Crippen LogP contribution < -0.4 is 24.0 Å².